The number of carbonyl (C=O) groups excluding carboxylic acids is 1. The Kier molecular flexibility index (Phi) is 2.05. The maximum Gasteiger partial charge on any atom is 0.201 e. The summed E-state index contributed by atoms with van der Waals surface area (Å²) in [6, 6.07) is 7.32. The van der Waals surface area contributed by atoms with Gasteiger partial charge in [0, 0.05) is 6.20 Å². The lowest BCUT2D eigenvalue weighted by Crippen LogP contribution is -2.36. The molecule has 1 saturated carbocycles. The zero-order chi connectivity index (χ0) is 10.0. The Morgan fingerprint density at radius 2 is 2.29 bits per heavy atom. The van der Waals surface area contributed by atoms with Gasteiger partial charge in [0.05, 0.1) is 6.07 Å². The van der Waals surface area contributed by atoms with E-state index in [-0.39, 0.29) is 5.78 Å². The molecule has 0 bridgehead atoms. The summed E-state index contributed by atoms with van der Waals surface area (Å²) < 4.78 is 0. The highest BCUT2D eigenvalue weighted by molar-refractivity contribution is 6.01. The third-order valence-corrected chi connectivity index (χ3v) is 2.75. The summed E-state index contributed by atoms with van der Waals surface area (Å²) in [6.45, 7) is 0. The Morgan fingerprint density at radius 3 is 2.71 bits per heavy atom. The predicted molar refractivity (Wildman–Crippen MR) is 50.5 cm³/mol. The lowest BCUT2D eigenvalue weighted by atomic mass is 9.66. The van der Waals surface area contributed by atoms with Crippen molar-refractivity contribution in [1.82, 2.24) is 4.98 Å². The van der Waals surface area contributed by atoms with Crippen molar-refractivity contribution in [2.24, 2.45) is 5.41 Å². The van der Waals surface area contributed by atoms with E-state index < -0.39 is 5.41 Å². The maximum atomic E-state index is 11.9. The fraction of sp³-hybridized carbons (Fsp3) is 0.364. The third-order valence-electron chi connectivity index (χ3n) is 2.75. The molecule has 0 N–H and O–H groups in total. The van der Waals surface area contributed by atoms with Crippen molar-refractivity contribution in [3.8, 4) is 6.07 Å². The second kappa shape index (κ2) is 3.22. The van der Waals surface area contributed by atoms with Gasteiger partial charge in [0.1, 0.15) is 11.1 Å². The van der Waals surface area contributed by atoms with Crippen LogP contribution in [0.25, 0.3) is 0 Å². The molecular weight excluding hydrogens is 176 g/mol. The molecule has 3 nitrogen and oxygen atoms in total. The van der Waals surface area contributed by atoms with Crippen molar-refractivity contribution < 1.29 is 4.79 Å². The molecule has 0 atom stereocenters. The molecule has 14 heavy (non-hydrogen) atoms. The Balaban J connectivity index is 2.29. The molecule has 0 unspecified atom stereocenters. The van der Waals surface area contributed by atoms with Crippen LogP contribution in [0.5, 0.6) is 0 Å². The van der Waals surface area contributed by atoms with Crippen molar-refractivity contribution in [3.05, 3.63) is 30.1 Å². The number of rotatable bonds is 2. The predicted octanol–water partition coefficient (Wildman–Crippen LogP) is 1.96. The van der Waals surface area contributed by atoms with Crippen LogP contribution in [0.3, 0.4) is 0 Å². The van der Waals surface area contributed by atoms with Crippen LogP contribution in [0.2, 0.25) is 0 Å². The van der Waals surface area contributed by atoms with Crippen molar-refractivity contribution >= 4 is 5.78 Å². The molecule has 3 heteroatoms. The molecule has 1 aromatic rings. The van der Waals surface area contributed by atoms with Gasteiger partial charge in [0.15, 0.2) is 0 Å². The SMILES string of the molecule is N#CC1(C(=O)c2ccccn2)CCC1. The number of nitrogens with zero attached hydrogens (tertiary/aromatic N) is 2. The second-order valence-electron chi connectivity index (χ2n) is 3.59. The van der Waals surface area contributed by atoms with Gasteiger partial charge < -0.3 is 0 Å². The van der Waals surface area contributed by atoms with E-state index in [0.717, 1.165) is 6.42 Å². The van der Waals surface area contributed by atoms with E-state index in [2.05, 4.69) is 11.1 Å². The first-order valence-electron chi connectivity index (χ1n) is 4.66. The van der Waals surface area contributed by atoms with Gasteiger partial charge in [-0.15, -0.1) is 0 Å². The van der Waals surface area contributed by atoms with Crippen LogP contribution in [0.15, 0.2) is 24.4 Å². The summed E-state index contributed by atoms with van der Waals surface area (Å²) in [5.41, 5.74) is -0.359. The van der Waals surface area contributed by atoms with Crippen molar-refractivity contribution in [3.63, 3.8) is 0 Å². The zero-order valence-corrected chi connectivity index (χ0v) is 7.73. The van der Waals surface area contributed by atoms with Crippen LogP contribution >= 0.6 is 0 Å². The standard InChI is InChI=1S/C11H10N2O/c12-8-11(5-3-6-11)10(14)9-4-1-2-7-13-9/h1-2,4,7H,3,5-6H2. The first-order chi connectivity index (χ1) is 6.78. The van der Waals surface area contributed by atoms with Crippen LogP contribution in [0, 0.1) is 16.7 Å². The Bertz CT molecular complexity index is 387. The molecule has 1 aliphatic carbocycles. The molecule has 1 fully saturated rings. The normalized spacial score (nSPS) is 17.9. The summed E-state index contributed by atoms with van der Waals surface area (Å²) in [4.78, 5) is 15.9. The first kappa shape index (κ1) is 8.89. The molecule has 70 valence electrons. The van der Waals surface area contributed by atoms with E-state index >= 15 is 0 Å². The van der Waals surface area contributed by atoms with Gasteiger partial charge in [-0.2, -0.15) is 5.26 Å². The fourth-order valence-electron chi connectivity index (χ4n) is 1.66. The number of carbonyl (C=O) groups is 1. The van der Waals surface area contributed by atoms with Gasteiger partial charge in [0.25, 0.3) is 0 Å². The minimum absolute atomic E-state index is 0.119. The molecule has 0 aliphatic heterocycles. The highest BCUT2D eigenvalue weighted by Gasteiger charge is 2.45. The summed E-state index contributed by atoms with van der Waals surface area (Å²) in [7, 11) is 0. The number of aromatic nitrogens is 1. The van der Waals surface area contributed by atoms with Gasteiger partial charge in [0.2, 0.25) is 5.78 Å². The molecule has 0 radical (unpaired) electrons. The number of hydrogen-bond donors (Lipinski definition) is 0. The smallest absolute Gasteiger partial charge is 0.201 e. The number of pyridine rings is 1. The number of ketones is 1. The third kappa shape index (κ3) is 1.20. The van der Waals surface area contributed by atoms with Gasteiger partial charge >= 0.3 is 0 Å². The van der Waals surface area contributed by atoms with E-state index in [9.17, 15) is 4.79 Å². The molecule has 1 aromatic heterocycles. The van der Waals surface area contributed by atoms with E-state index in [0.29, 0.717) is 18.5 Å². The number of nitriles is 1. The van der Waals surface area contributed by atoms with Crippen LogP contribution < -0.4 is 0 Å². The number of Topliss-reactive ketones (excluding diaryl/α,β-unsaturated/α-hetero) is 1. The Morgan fingerprint density at radius 1 is 1.50 bits per heavy atom. The highest BCUT2D eigenvalue weighted by Crippen LogP contribution is 2.42. The van der Waals surface area contributed by atoms with Crippen LogP contribution in [-0.4, -0.2) is 10.8 Å². The zero-order valence-electron chi connectivity index (χ0n) is 7.73. The van der Waals surface area contributed by atoms with Gasteiger partial charge in [-0.25, -0.2) is 0 Å². The average Bonchev–Trinajstić information content (AvgIpc) is 2.18. The molecule has 0 amide bonds. The van der Waals surface area contributed by atoms with Crippen molar-refractivity contribution in [2.45, 2.75) is 19.3 Å². The van der Waals surface area contributed by atoms with Crippen molar-refractivity contribution in [2.75, 3.05) is 0 Å². The van der Waals surface area contributed by atoms with Gasteiger partial charge in [-0.1, -0.05) is 6.07 Å². The lowest BCUT2D eigenvalue weighted by Gasteiger charge is -2.32. The quantitative estimate of drug-likeness (QED) is 0.663. The highest BCUT2D eigenvalue weighted by atomic mass is 16.1. The monoisotopic (exact) mass is 186 g/mol. The summed E-state index contributed by atoms with van der Waals surface area (Å²) >= 11 is 0. The molecule has 0 saturated heterocycles. The largest absolute Gasteiger partial charge is 0.291 e. The first-order valence-corrected chi connectivity index (χ1v) is 4.66. The number of hydrogen-bond acceptors (Lipinski definition) is 3. The molecule has 2 rings (SSSR count). The lowest BCUT2D eigenvalue weighted by molar-refractivity contribution is 0.0743. The van der Waals surface area contributed by atoms with Gasteiger partial charge in [-0.05, 0) is 31.4 Å². The summed E-state index contributed by atoms with van der Waals surface area (Å²) in [6.07, 6.45) is 3.90. The van der Waals surface area contributed by atoms with Crippen LogP contribution in [-0.2, 0) is 0 Å². The minimum atomic E-state index is -0.769. The second-order valence-corrected chi connectivity index (χ2v) is 3.59. The Labute approximate surface area is 82.4 Å². The van der Waals surface area contributed by atoms with E-state index in [1.165, 1.54) is 0 Å². The molecule has 0 aromatic carbocycles. The van der Waals surface area contributed by atoms with E-state index in [4.69, 9.17) is 5.26 Å². The summed E-state index contributed by atoms with van der Waals surface area (Å²) in [5, 5.41) is 8.97. The van der Waals surface area contributed by atoms with Crippen LogP contribution in [0.4, 0.5) is 0 Å². The maximum absolute atomic E-state index is 11.9. The van der Waals surface area contributed by atoms with Gasteiger partial charge in [-0.3, -0.25) is 9.78 Å². The average molecular weight is 186 g/mol. The Hall–Kier alpha value is -1.69. The molecule has 1 aliphatic rings. The van der Waals surface area contributed by atoms with E-state index in [1.807, 2.05) is 0 Å². The fourth-order valence-corrected chi connectivity index (χ4v) is 1.66. The minimum Gasteiger partial charge on any atom is -0.291 e. The molecular formula is C11H10N2O. The van der Waals surface area contributed by atoms with Crippen molar-refractivity contribution in [1.29, 1.82) is 5.26 Å². The topological polar surface area (TPSA) is 53.8 Å². The molecule has 1 heterocycles. The van der Waals surface area contributed by atoms with Crippen LogP contribution in [0.1, 0.15) is 29.8 Å². The van der Waals surface area contributed by atoms with E-state index in [1.54, 1.807) is 24.4 Å². The molecule has 0 spiro atoms. The summed E-state index contributed by atoms with van der Waals surface area (Å²) in [5.74, 6) is -0.119.